The van der Waals surface area contributed by atoms with Gasteiger partial charge in [-0.2, -0.15) is 0 Å². The smallest absolute Gasteiger partial charge is 0.255 e. The molecule has 2 heterocycles. The topological polar surface area (TPSA) is 77.9 Å². The molecule has 0 spiro atoms. The summed E-state index contributed by atoms with van der Waals surface area (Å²) >= 11 is 0. The van der Waals surface area contributed by atoms with E-state index in [4.69, 9.17) is 4.74 Å². The molecule has 1 aliphatic rings. The van der Waals surface area contributed by atoms with Crippen LogP contribution < -0.4 is 15.0 Å². The largest absolute Gasteiger partial charge is 0.506 e. The van der Waals surface area contributed by atoms with Gasteiger partial charge in [-0.3, -0.25) is 14.7 Å². The highest BCUT2D eigenvalue weighted by atomic mass is 16.5. The first-order chi connectivity index (χ1) is 18.5. The minimum absolute atomic E-state index is 0.133. The summed E-state index contributed by atoms with van der Waals surface area (Å²) in [4.78, 5) is 21.6. The van der Waals surface area contributed by atoms with Crippen LogP contribution in [0, 0.1) is 0 Å². The average Bonchev–Trinajstić information content (AvgIpc) is 2.97. The van der Waals surface area contributed by atoms with E-state index in [1.54, 1.807) is 19.4 Å². The summed E-state index contributed by atoms with van der Waals surface area (Å²) in [6.07, 6.45) is 3.20. The standard InChI is InChI=1S/C31H32N4O3/c1-22(23-3-5-24(6-4-23)26-19-29(36)21-32-20-26)34-15-17-35(18-16-34)28-11-7-25(8-12-28)31(37)33-27-9-13-30(38-2)14-10-27/h3-14,19-22,36H,15-18H2,1-2H3,(H,33,37). The van der Waals surface area contributed by atoms with Crippen molar-refractivity contribution < 1.29 is 14.6 Å². The number of ether oxygens (including phenoxy) is 1. The Balaban J connectivity index is 1.15. The number of methoxy groups -OCH3 is 1. The number of carbonyl (C=O) groups is 1. The zero-order valence-corrected chi connectivity index (χ0v) is 21.7. The number of hydrogen-bond acceptors (Lipinski definition) is 6. The lowest BCUT2D eigenvalue weighted by Crippen LogP contribution is -2.47. The Labute approximate surface area is 223 Å². The molecule has 1 amide bonds. The van der Waals surface area contributed by atoms with Crippen molar-refractivity contribution in [3.8, 4) is 22.6 Å². The van der Waals surface area contributed by atoms with Crippen molar-refractivity contribution in [3.05, 3.63) is 102 Å². The number of carbonyl (C=O) groups excluding carboxylic acids is 1. The Hall–Kier alpha value is -4.36. The molecule has 1 saturated heterocycles. The third kappa shape index (κ3) is 5.79. The predicted octanol–water partition coefficient (Wildman–Crippen LogP) is 5.60. The highest BCUT2D eigenvalue weighted by molar-refractivity contribution is 6.04. The van der Waals surface area contributed by atoms with Crippen molar-refractivity contribution >= 4 is 17.3 Å². The summed E-state index contributed by atoms with van der Waals surface area (Å²) in [5.74, 6) is 0.790. The van der Waals surface area contributed by atoms with Crippen LogP contribution in [-0.4, -0.2) is 54.2 Å². The summed E-state index contributed by atoms with van der Waals surface area (Å²) in [6, 6.07) is 25.6. The molecule has 7 nitrogen and oxygen atoms in total. The van der Waals surface area contributed by atoms with E-state index in [0.717, 1.165) is 54.4 Å². The van der Waals surface area contributed by atoms with Crippen molar-refractivity contribution in [2.75, 3.05) is 43.5 Å². The molecule has 2 N–H and O–H groups in total. The fourth-order valence-corrected chi connectivity index (χ4v) is 4.82. The van der Waals surface area contributed by atoms with Crippen molar-refractivity contribution in [2.24, 2.45) is 0 Å². The normalized spacial score (nSPS) is 14.6. The highest BCUT2D eigenvalue weighted by Crippen LogP contribution is 2.28. The molecular weight excluding hydrogens is 476 g/mol. The van der Waals surface area contributed by atoms with E-state index in [9.17, 15) is 9.90 Å². The van der Waals surface area contributed by atoms with Gasteiger partial charge in [0.15, 0.2) is 0 Å². The van der Waals surface area contributed by atoms with Crippen molar-refractivity contribution in [1.82, 2.24) is 9.88 Å². The summed E-state index contributed by atoms with van der Waals surface area (Å²) in [5.41, 5.74) is 5.69. The van der Waals surface area contributed by atoms with E-state index in [2.05, 4.69) is 51.3 Å². The Bertz CT molecular complexity index is 1360. The van der Waals surface area contributed by atoms with Crippen LogP contribution in [0.25, 0.3) is 11.1 Å². The first kappa shape index (κ1) is 25.3. The molecule has 3 aromatic carbocycles. The zero-order valence-electron chi connectivity index (χ0n) is 21.7. The molecule has 194 valence electrons. The number of nitrogens with zero attached hydrogens (tertiary/aromatic N) is 3. The Morgan fingerprint density at radius 1 is 0.895 bits per heavy atom. The fourth-order valence-electron chi connectivity index (χ4n) is 4.82. The van der Waals surface area contributed by atoms with Gasteiger partial charge in [-0.15, -0.1) is 0 Å². The molecule has 0 bridgehead atoms. The van der Waals surface area contributed by atoms with Gasteiger partial charge in [-0.1, -0.05) is 24.3 Å². The Morgan fingerprint density at radius 2 is 1.58 bits per heavy atom. The number of anilines is 2. The van der Waals surface area contributed by atoms with E-state index < -0.39 is 0 Å². The monoisotopic (exact) mass is 508 g/mol. The van der Waals surface area contributed by atoms with Crippen molar-refractivity contribution in [2.45, 2.75) is 13.0 Å². The molecule has 1 aromatic heterocycles. The van der Waals surface area contributed by atoms with Gasteiger partial charge < -0.3 is 20.1 Å². The van der Waals surface area contributed by atoms with Crippen molar-refractivity contribution in [3.63, 3.8) is 0 Å². The van der Waals surface area contributed by atoms with Gasteiger partial charge in [-0.25, -0.2) is 0 Å². The molecule has 1 fully saturated rings. The quantitative estimate of drug-likeness (QED) is 0.339. The van der Waals surface area contributed by atoms with Gasteiger partial charge in [0, 0.05) is 60.9 Å². The SMILES string of the molecule is COc1ccc(NC(=O)c2ccc(N3CCN(C(C)c4ccc(-c5cncc(O)c5)cc4)CC3)cc2)cc1. The number of aromatic nitrogens is 1. The van der Waals surface area contributed by atoms with E-state index in [1.807, 2.05) is 48.5 Å². The van der Waals surface area contributed by atoms with Crippen LogP contribution in [0.2, 0.25) is 0 Å². The lowest BCUT2D eigenvalue weighted by Gasteiger charge is -2.39. The second-order valence-corrected chi connectivity index (χ2v) is 9.48. The van der Waals surface area contributed by atoms with E-state index in [1.165, 1.54) is 11.8 Å². The number of nitrogens with one attached hydrogen (secondary N) is 1. The number of rotatable bonds is 7. The lowest BCUT2D eigenvalue weighted by atomic mass is 10.0. The van der Waals surface area contributed by atoms with Crippen LogP contribution in [0.3, 0.4) is 0 Å². The molecule has 1 unspecified atom stereocenters. The maximum atomic E-state index is 12.6. The maximum absolute atomic E-state index is 12.6. The number of piperazine rings is 1. The third-order valence-electron chi connectivity index (χ3n) is 7.15. The molecule has 5 rings (SSSR count). The number of pyridine rings is 1. The van der Waals surface area contributed by atoms with Gasteiger partial charge in [0.2, 0.25) is 0 Å². The minimum Gasteiger partial charge on any atom is -0.506 e. The van der Waals surface area contributed by atoms with E-state index in [-0.39, 0.29) is 11.7 Å². The van der Waals surface area contributed by atoms with Gasteiger partial charge >= 0.3 is 0 Å². The maximum Gasteiger partial charge on any atom is 0.255 e. The Morgan fingerprint density at radius 3 is 2.21 bits per heavy atom. The van der Waals surface area contributed by atoms with Crippen LogP contribution in [0.4, 0.5) is 11.4 Å². The van der Waals surface area contributed by atoms with Crippen LogP contribution in [0.1, 0.15) is 28.9 Å². The summed E-state index contributed by atoms with van der Waals surface area (Å²) in [7, 11) is 1.62. The zero-order chi connectivity index (χ0) is 26.5. The summed E-state index contributed by atoms with van der Waals surface area (Å²) in [5, 5.41) is 12.6. The number of aromatic hydroxyl groups is 1. The molecule has 4 aromatic rings. The van der Waals surface area contributed by atoms with Crippen LogP contribution in [0.5, 0.6) is 11.5 Å². The minimum atomic E-state index is -0.133. The number of benzene rings is 3. The number of amides is 1. The third-order valence-corrected chi connectivity index (χ3v) is 7.15. The van der Waals surface area contributed by atoms with Gasteiger partial charge in [-0.05, 0) is 72.6 Å². The summed E-state index contributed by atoms with van der Waals surface area (Å²) < 4.78 is 5.17. The molecule has 0 aliphatic carbocycles. The molecule has 38 heavy (non-hydrogen) atoms. The first-order valence-electron chi connectivity index (χ1n) is 12.8. The van der Waals surface area contributed by atoms with Gasteiger partial charge in [0.1, 0.15) is 11.5 Å². The molecule has 1 aliphatic heterocycles. The van der Waals surface area contributed by atoms with E-state index in [0.29, 0.717) is 11.6 Å². The molecule has 1 atom stereocenters. The molecule has 0 radical (unpaired) electrons. The number of hydrogen-bond donors (Lipinski definition) is 2. The van der Waals surface area contributed by atoms with E-state index >= 15 is 0 Å². The first-order valence-corrected chi connectivity index (χ1v) is 12.8. The van der Waals surface area contributed by atoms with Crippen LogP contribution in [-0.2, 0) is 0 Å². The lowest BCUT2D eigenvalue weighted by molar-refractivity contribution is 0.102. The van der Waals surface area contributed by atoms with Crippen LogP contribution in [0.15, 0.2) is 91.3 Å². The predicted molar refractivity (Wildman–Crippen MR) is 151 cm³/mol. The van der Waals surface area contributed by atoms with Gasteiger partial charge in [0.25, 0.3) is 5.91 Å². The van der Waals surface area contributed by atoms with Crippen molar-refractivity contribution in [1.29, 1.82) is 0 Å². The highest BCUT2D eigenvalue weighted by Gasteiger charge is 2.22. The molecule has 0 saturated carbocycles. The van der Waals surface area contributed by atoms with Gasteiger partial charge in [0.05, 0.1) is 13.3 Å². The Kier molecular flexibility index (Phi) is 7.56. The average molecular weight is 509 g/mol. The second-order valence-electron chi connectivity index (χ2n) is 9.48. The molecule has 7 heteroatoms. The molecular formula is C31H32N4O3. The second kappa shape index (κ2) is 11.4. The summed E-state index contributed by atoms with van der Waals surface area (Å²) in [6.45, 7) is 6.01. The fraction of sp³-hybridized carbons (Fsp3) is 0.226. The van der Waals surface area contributed by atoms with Crippen LogP contribution >= 0.6 is 0 Å².